The summed E-state index contributed by atoms with van der Waals surface area (Å²) in [6.07, 6.45) is 5.58. The highest BCUT2D eigenvalue weighted by molar-refractivity contribution is 5.73. The summed E-state index contributed by atoms with van der Waals surface area (Å²) in [7, 11) is 4.96. The SMILES string of the molecule is CO[C@H]1CCCC[C@@H](c2ccccc2)OC(=O)[C@@H](C)[C@@]2(O)O[C@H]([C@@H](C)[C@H](C)[C@H]2OC)[C@@H](C)/C=C/[C@H]1OC. The Balaban J connectivity index is 2.01. The molecule has 0 aliphatic carbocycles. The van der Waals surface area contributed by atoms with Crippen LogP contribution in [0.4, 0.5) is 0 Å². The molecule has 1 aromatic rings. The maximum atomic E-state index is 13.5. The van der Waals surface area contributed by atoms with Crippen molar-refractivity contribution in [1.82, 2.24) is 0 Å². The van der Waals surface area contributed by atoms with E-state index < -0.39 is 29.9 Å². The largest absolute Gasteiger partial charge is 0.457 e. The summed E-state index contributed by atoms with van der Waals surface area (Å²) < 4.78 is 29.8. The second-order valence-electron chi connectivity index (χ2n) is 10.8. The van der Waals surface area contributed by atoms with Gasteiger partial charge >= 0.3 is 5.97 Å². The van der Waals surface area contributed by atoms with Gasteiger partial charge in [-0.3, -0.25) is 4.79 Å². The molecule has 2 heterocycles. The van der Waals surface area contributed by atoms with E-state index in [1.165, 1.54) is 0 Å². The van der Waals surface area contributed by atoms with Gasteiger partial charge in [-0.1, -0.05) is 69.7 Å². The second kappa shape index (κ2) is 13.3. The van der Waals surface area contributed by atoms with Gasteiger partial charge < -0.3 is 28.8 Å². The summed E-state index contributed by atoms with van der Waals surface area (Å²) in [5.41, 5.74) is 0.929. The van der Waals surface area contributed by atoms with E-state index in [2.05, 4.69) is 19.9 Å². The predicted octanol–water partition coefficient (Wildman–Crippen LogP) is 5.08. The molecule has 0 spiro atoms. The van der Waals surface area contributed by atoms with Crippen LogP contribution in [0.2, 0.25) is 0 Å². The van der Waals surface area contributed by atoms with Gasteiger partial charge in [0.1, 0.15) is 24.2 Å². The molecule has 208 valence electrons. The number of esters is 1. The number of benzene rings is 1. The van der Waals surface area contributed by atoms with Gasteiger partial charge in [-0.05, 0) is 43.6 Å². The summed E-state index contributed by atoms with van der Waals surface area (Å²) in [6, 6.07) is 9.76. The van der Waals surface area contributed by atoms with Crippen LogP contribution < -0.4 is 0 Å². The quantitative estimate of drug-likeness (QED) is 0.440. The van der Waals surface area contributed by atoms with E-state index in [0.717, 1.165) is 24.8 Å². The van der Waals surface area contributed by atoms with Gasteiger partial charge in [0.05, 0.1) is 12.2 Å². The molecule has 1 N–H and O–H groups in total. The number of hydrogen-bond acceptors (Lipinski definition) is 7. The molecular weight excluding hydrogens is 472 g/mol. The van der Waals surface area contributed by atoms with Crippen molar-refractivity contribution in [1.29, 1.82) is 0 Å². The molecule has 2 aliphatic rings. The Hall–Kier alpha value is -1.77. The summed E-state index contributed by atoms with van der Waals surface area (Å²) >= 11 is 0. The fourth-order valence-corrected chi connectivity index (χ4v) is 5.87. The first-order valence-corrected chi connectivity index (χ1v) is 13.6. The first kappa shape index (κ1) is 29.8. The molecule has 1 saturated heterocycles. The molecule has 10 atom stereocenters. The van der Waals surface area contributed by atoms with Gasteiger partial charge in [0.2, 0.25) is 5.79 Å². The number of rotatable bonds is 4. The third-order valence-electron chi connectivity index (χ3n) is 8.48. The Labute approximate surface area is 222 Å². The second-order valence-corrected chi connectivity index (χ2v) is 10.8. The van der Waals surface area contributed by atoms with Crippen molar-refractivity contribution >= 4 is 5.97 Å². The average Bonchev–Trinajstić information content (AvgIpc) is 2.90. The summed E-state index contributed by atoms with van der Waals surface area (Å²) in [5, 5.41) is 11.9. The van der Waals surface area contributed by atoms with Crippen molar-refractivity contribution in [2.45, 2.75) is 89.7 Å². The van der Waals surface area contributed by atoms with Gasteiger partial charge in [0.15, 0.2) is 0 Å². The van der Waals surface area contributed by atoms with Crippen LogP contribution >= 0.6 is 0 Å². The summed E-state index contributed by atoms with van der Waals surface area (Å²) in [4.78, 5) is 13.5. The number of cyclic esters (lactones) is 1. The average molecular weight is 519 g/mol. The van der Waals surface area contributed by atoms with Gasteiger partial charge in [-0.25, -0.2) is 0 Å². The van der Waals surface area contributed by atoms with Crippen LogP contribution in [0.25, 0.3) is 0 Å². The molecule has 37 heavy (non-hydrogen) atoms. The molecular formula is C30H46O7. The topological polar surface area (TPSA) is 83.5 Å². The maximum Gasteiger partial charge on any atom is 0.314 e. The van der Waals surface area contributed by atoms with Crippen LogP contribution in [-0.4, -0.2) is 62.6 Å². The van der Waals surface area contributed by atoms with Crippen molar-refractivity contribution in [3.63, 3.8) is 0 Å². The first-order chi connectivity index (χ1) is 17.7. The van der Waals surface area contributed by atoms with Gasteiger partial charge in [-0.2, -0.15) is 0 Å². The molecule has 0 saturated carbocycles. The lowest BCUT2D eigenvalue weighted by molar-refractivity contribution is -0.351. The zero-order valence-electron chi connectivity index (χ0n) is 23.5. The fourth-order valence-electron chi connectivity index (χ4n) is 5.87. The molecule has 0 aromatic heterocycles. The molecule has 7 nitrogen and oxygen atoms in total. The monoisotopic (exact) mass is 518 g/mol. The van der Waals surface area contributed by atoms with Crippen molar-refractivity contribution < 1.29 is 33.6 Å². The molecule has 7 heteroatoms. The lowest BCUT2D eigenvalue weighted by atomic mass is 9.73. The molecule has 0 unspecified atom stereocenters. The molecule has 2 bridgehead atoms. The van der Waals surface area contributed by atoms with E-state index in [4.69, 9.17) is 23.7 Å². The van der Waals surface area contributed by atoms with Crippen molar-refractivity contribution in [2.24, 2.45) is 23.7 Å². The van der Waals surface area contributed by atoms with E-state index in [1.54, 1.807) is 28.3 Å². The van der Waals surface area contributed by atoms with Crippen molar-refractivity contribution in [2.75, 3.05) is 21.3 Å². The van der Waals surface area contributed by atoms with Crippen LogP contribution in [0.3, 0.4) is 0 Å². The molecule has 1 aromatic carbocycles. The number of hydrogen-bond donors (Lipinski definition) is 1. The minimum Gasteiger partial charge on any atom is -0.457 e. The number of ether oxygens (including phenoxy) is 5. The van der Waals surface area contributed by atoms with Gasteiger partial charge in [-0.15, -0.1) is 0 Å². The standard InChI is InChI=1S/C30H46O7/c1-19-17-18-26(34-6)25(33-5)16-12-11-15-24(23-13-9-8-10-14-23)36-29(31)22(4)30(32)28(35-7)21(3)20(2)27(19)37-30/h8-10,13-14,17-22,24-28,32H,11-12,15-16H2,1-7H3/b18-17+/t19-,20-,21-,22+,24-,25-,26+,27-,28+,30+/m0/s1. The first-order valence-electron chi connectivity index (χ1n) is 13.6. The lowest BCUT2D eigenvalue weighted by Gasteiger charge is -2.52. The minimum atomic E-state index is -1.83. The summed E-state index contributed by atoms with van der Waals surface area (Å²) in [5.74, 6) is -3.32. The number of methoxy groups -OCH3 is 3. The van der Waals surface area contributed by atoms with Gasteiger partial charge in [0.25, 0.3) is 0 Å². The zero-order chi connectivity index (χ0) is 27.2. The molecule has 0 radical (unpaired) electrons. The van der Waals surface area contributed by atoms with Crippen LogP contribution in [0.5, 0.6) is 0 Å². The Morgan fingerprint density at radius 1 is 0.892 bits per heavy atom. The molecule has 1 fully saturated rings. The Morgan fingerprint density at radius 3 is 2.19 bits per heavy atom. The Bertz CT molecular complexity index is 874. The Morgan fingerprint density at radius 2 is 1.57 bits per heavy atom. The van der Waals surface area contributed by atoms with E-state index in [9.17, 15) is 9.90 Å². The number of carbonyl (C=O) groups is 1. The smallest absolute Gasteiger partial charge is 0.314 e. The molecule has 2 aliphatic heterocycles. The van der Waals surface area contributed by atoms with Crippen molar-refractivity contribution in [3.05, 3.63) is 48.0 Å². The summed E-state index contributed by atoms with van der Waals surface area (Å²) in [6.45, 7) is 7.87. The van der Waals surface area contributed by atoms with E-state index in [0.29, 0.717) is 6.42 Å². The number of fused-ring (bicyclic) bond motifs is 2. The lowest BCUT2D eigenvalue weighted by Crippen LogP contribution is -2.64. The minimum absolute atomic E-state index is 0.0508. The van der Waals surface area contributed by atoms with Crippen LogP contribution in [-0.2, 0) is 28.5 Å². The van der Waals surface area contributed by atoms with Gasteiger partial charge in [0, 0.05) is 27.2 Å². The highest BCUT2D eigenvalue weighted by Gasteiger charge is 2.57. The van der Waals surface area contributed by atoms with E-state index in [1.807, 2.05) is 43.3 Å². The van der Waals surface area contributed by atoms with Crippen LogP contribution in [0, 0.1) is 23.7 Å². The molecule has 0 amide bonds. The number of aliphatic hydroxyl groups is 1. The maximum absolute atomic E-state index is 13.5. The predicted molar refractivity (Wildman–Crippen MR) is 142 cm³/mol. The van der Waals surface area contributed by atoms with E-state index in [-0.39, 0.29) is 36.1 Å². The van der Waals surface area contributed by atoms with Crippen LogP contribution in [0.1, 0.15) is 65.0 Å². The fraction of sp³-hybridized carbons (Fsp3) is 0.700. The zero-order valence-corrected chi connectivity index (χ0v) is 23.5. The Kier molecular flexibility index (Phi) is 10.7. The third kappa shape index (κ3) is 6.63. The highest BCUT2D eigenvalue weighted by atomic mass is 16.7. The molecule has 3 rings (SSSR count). The highest BCUT2D eigenvalue weighted by Crippen LogP contribution is 2.44. The normalized spacial score (nSPS) is 41.1. The number of carbonyl (C=O) groups excluding carboxylic acids is 1. The van der Waals surface area contributed by atoms with Crippen molar-refractivity contribution in [3.8, 4) is 0 Å². The van der Waals surface area contributed by atoms with E-state index >= 15 is 0 Å². The van der Waals surface area contributed by atoms with Crippen LogP contribution in [0.15, 0.2) is 42.5 Å². The third-order valence-corrected chi connectivity index (χ3v) is 8.48.